The van der Waals surface area contributed by atoms with Crippen molar-refractivity contribution >= 4 is 23.2 Å². The molecule has 2 saturated heterocycles. The Labute approximate surface area is 225 Å². The minimum Gasteiger partial charge on any atom is -0.353 e. The molecule has 0 aliphatic carbocycles. The summed E-state index contributed by atoms with van der Waals surface area (Å²) in [4.78, 5) is 25.1. The van der Waals surface area contributed by atoms with Gasteiger partial charge in [-0.15, -0.1) is 5.10 Å². The van der Waals surface area contributed by atoms with E-state index in [0.717, 1.165) is 85.7 Å². The average Bonchev–Trinajstić information content (AvgIpc) is 3.65. The summed E-state index contributed by atoms with van der Waals surface area (Å²) in [5.41, 5.74) is 3.40. The highest BCUT2D eigenvalue weighted by Crippen LogP contribution is 2.35. The van der Waals surface area contributed by atoms with Crippen molar-refractivity contribution in [1.29, 1.82) is 0 Å². The van der Waals surface area contributed by atoms with Gasteiger partial charge in [-0.25, -0.2) is 28.8 Å². The highest BCUT2D eigenvalue weighted by molar-refractivity contribution is 5.63. The number of hydrogen-bond donors (Lipinski definition) is 0. The minimum absolute atomic E-state index is 0.0963. The predicted molar refractivity (Wildman–Crippen MR) is 148 cm³/mol. The van der Waals surface area contributed by atoms with Crippen LogP contribution in [0.1, 0.15) is 24.4 Å². The molecule has 5 aromatic rings. The Kier molecular flexibility index (Phi) is 5.99. The number of halogens is 1. The van der Waals surface area contributed by atoms with Gasteiger partial charge in [-0.05, 0) is 60.9 Å². The highest BCUT2D eigenvalue weighted by Gasteiger charge is 2.28. The van der Waals surface area contributed by atoms with Crippen LogP contribution in [-0.2, 0) is 0 Å². The van der Waals surface area contributed by atoms with Gasteiger partial charge in [-0.1, -0.05) is 18.2 Å². The summed E-state index contributed by atoms with van der Waals surface area (Å²) in [5, 5.41) is 4.99. The monoisotopic (exact) mass is 521 g/mol. The van der Waals surface area contributed by atoms with Crippen LogP contribution in [0.15, 0.2) is 79.3 Å². The second-order valence-electron chi connectivity index (χ2n) is 9.92. The molecule has 39 heavy (non-hydrogen) atoms. The Morgan fingerprint density at radius 3 is 2.44 bits per heavy atom. The summed E-state index contributed by atoms with van der Waals surface area (Å²) in [7, 11) is 0. The second kappa shape index (κ2) is 9.94. The third kappa shape index (κ3) is 4.52. The van der Waals surface area contributed by atoms with Crippen LogP contribution in [0.2, 0.25) is 0 Å². The van der Waals surface area contributed by atoms with Gasteiger partial charge < -0.3 is 14.7 Å². The number of rotatable bonds is 5. The maximum atomic E-state index is 14.0. The minimum atomic E-state index is -0.208. The molecule has 0 radical (unpaired) electrons. The molecular weight excluding hydrogens is 493 g/mol. The molecule has 0 amide bonds. The normalized spacial score (nSPS) is 17.8. The van der Waals surface area contributed by atoms with Crippen molar-refractivity contribution in [2.45, 2.75) is 18.9 Å². The lowest BCUT2D eigenvalue weighted by atomic mass is 10.0. The van der Waals surface area contributed by atoms with E-state index in [0.29, 0.717) is 0 Å². The maximum Gasteiger partial charge on any atom is 0.225 e. The molecule has 0 bridgehead atoms. The molecular formula is C29H28FN9. The predicted octanol–water partition coefficient (Wildman–Crippen LogP) is 4.39. The van der Waals surface area contributed by atoms with Gasteiger partial charge in [0.15, 0.2) is 5.65 Å². The Morgan fingerprint density at radius 1 is 0.769 bits per heavy atom. The molecule has 2 aliphatic heterocycles. The van der Waals surface area contributed by atoms with Crippen molar-refractivity contribution < 1.29 is 4.39 Å². The van der Waals surface area contributed by atoms with Crippen LogP contribution in [0.25, 0.3) is 17.0 Å². The molecule has 6 heterocycles. The molecule has 1 atom stereocenters. The van der Waals surface area contributed by atoms with Crippen LogP contribution in [0.5, 0.6) is 0 Å². The number of hydrogen-bond acceptors (Lipinski definition) is 8. The van der Waals surface area contributed by atoms with E-state index >= 15 is 0 Å². The fourth-order valence-electron chi connectivity index (χ4n) is 5.62. The van der Waals surface area contributed by atoms with E-state index in [1.807, 2.05) is 53.2 Å². The van der Waals surface area contributed by atoms with Crippen molar-refractivity contribution in [3.8, 4) is 11.4 Å². The number of anilines is 3. The van der Waals surface area contributed by atoms with Gasteiger partial charge in [0.2, 0.25) is 5.95 Å². The molecule has 2 fully saturated rings. The van der Waals surface area contributed by atoms with Gasteiger partial charge >= 0.3 is 0 Å². The Morgan fingerprint density at radius 2 is 1.59 bits per heavy atom. The van der Waals surface area contributed by atoms with Gasteiger partial charge in [-0.2, -0.15) is 0 Å². The number of fused-ring (bicyclic) bond motifs is 1. The van der Waals surface area contributed by atoms with Crippen molar-refractivity contribution in [2.24, 2.45) is 0 Å². The average molecular weight is 522 g/mol. The van der Waals surface area contributed by atoms with E-state index in [-0.39, 0.29) is 11.9 Å². The lowest BCUT2D eigenvalue weighted by Crippen LogP contribution is -2.47. The van der Waals surface area contributed by atoms with Crippen molar-refractivity contribution in [3.05, 3.63) is 90.6 Å². The standard InChI is InChI=1S/C29H28FN9/c30-22-6-1-5-21(19-22)24-8-3-14-38(24)28-11-10-26-33-20-25(39(26)35-28)23-7-2-9-27(34-23)36-15-17-37(18-16-36)29-31-12-4-13-32-29/h1-2,4-7,9-13,19-20,24H,3,8,14-18H2. The van der Waals surface area contributed by atoms with Crippen LogP contribution in [0.4, 0.5) is 22.0 Å². The fraction of sp³-hybridized carbons (Fsp3) is 0.276. The first kappa shape index (κ1) is 23.5. The van der Waals surface area contributed by atoms with Crippen LogP contribution < -0.4 is 14.7 Å². The van der Waals surface area contributed by atoms with E-state index < -0.39 is 0 Å². The molecule has 1 aromatic carbocycles. The van der Waals surface area contributed by atoms with Gasteiger partial charge in [0.05, 0.1) is 17.9 Å². The zero-order chi connectivity index (χ0) is 26.2. The van der Waals surface area contributed by atoms with Gasteiger partial charge in [0.1, 0.15) is 23.1 Å². The van der Waals surface area contributed by atoms with Crippen molar-refractivity contribution in [3.63, 3.8) is 0 Å². The molecule has 7 rings (SSSR count). The van der Waals surface area contributed by atoms with E-state index in [4.69, 9.17) is 10.1 Å². The van der Waals surface area contributed by atoms with Gasteiger partial charge in [0.25, 0.3) is 0 Å². The molecule has 0 saturated carbocycles. The first-order chi connectivity index (χ1) is 19.2. The smallest absolute Gasteiger partial charge is 0.225 e. The summed E-state index contributed by atoms with van der Waals surface area (Å²) in [5.74, 6) is 2.34. The summed E-state index contributed by atoms with van der Waals surface area (Å²) < 4.78 is 15.8. The number of aromatic nitrogens is 6. The molecule has 0 spiro atoms. The Balaban J connectivity index is 1.15. The number of pyridine rings is 1. The number of nitrogens with zero attached hydrogens (tertiary/aromatic N) is 9. The third-order valence-electron chi connectivity index (χ3n) is 7.56. The molecule has 1 unspecified atom stereocenters. The Hall–Kier alpha value is -4.60. The maximum absolute atomic E-state index is 14.0. The molecule has 9 nitrogen and oxygen atoms in total. The SMILES string of the molecule is Fc1cccc(C2CCCN2c2ccc3ncc(-c4cccc(N5CCN(c6ncccn6)CC5)n4)n3n2)c1. The molecule has 4 aromatic heterocycles. The van der Waals surface area contributed by atoms with E-state index in [2.05, 4.69) is 29.7 Å². The molecule has 196 valence electrons. The van der Waals surface area contributed by atoms with Crippen LogP contribution in [0.3, 0.4) is 0 Å². The van der Waals surface area contributed by atoms with E-state index in [1.165, 1.54) is 6.07 Å². The zero-order valence-corrected chi connectivity index (χ0v) is 21.4. The highest BCUT2D eigenvalue weighted by atomic mass is 19.1. The second-order valence-corrected chi connectivity index (χ2v) is 9.92. The number of imidazole rings is 1. The fourth-order valence-corrected chi connectivity index (χ4v) is 5.62. The first-order valence-electron chi connectivity index (χ1n) is 13.3. The first-order valence-corrected chi connectivity index (χ1v) is 13.3. The zero-order valence-electron chi connectivity index (χ0n) is 21.4. The van der Waals surface area contributed by atoms with Crippen molar-refractivity contribution in [1.82, 2.24) is 29.5 Å². The van der Waals surface area contributed by atoms with Crippen molar-refractivity contribution in [2.75, 3.05) is 47.4 Å². The lowest BCUT2D eigenvalue weighted by Gasteiger charge is -2.35. The van der Waals surface area contributed by atoms with Gasteiger partial charge in [0, 0.05) is 45.1 Å². The lowest BCUT2D eigenvalue weighted by molar-refractivity contribution is 0.617. The quantitative estimate of drug-likeness (QED) is 0.337. The van der Waals surface area contributed by atoms with Crippen LogP contribution >= 0.6 is 0 Å². The topological polar surface area (TPSA) is 78.6 Å². The number of benzene rings is 1. The van der Waals surface area contributed by atoms with Gasteiger partial charge in [-0.3, -0.25) is 0 Å². The molecule has 2 aliphatic rings. The summed E-state index contributed by atoms with van der Waals surface area (Å²) in [6.07, 6.45) is 7.38. The van der Waals surface area contributed by atoms with E-state index in [1.54, 1.807) is 24.5 Å². The summed E-state index contributed by atoms with van der Waals surface area (Å²) in [6, 6.07) is 18.9. The summed E-state index contributed by atoms with van der Waals surface area (Å²) >= 11 is 0. The molecule has 0 N–H and O–H groups in total. The van der Waals surface area contributed by atoms with Crippen LogP contribution in [-0.4, -0.2) is 62.3 Å². The largest absolute Gasteiger partial charge is 0.353 e. The third-order valence-corrected chi connectivity index (χ3v) is 7.56. The van der Waals surface area contributed by atoms with E-state index in [9.17, 15) is 4.39 Å². The summed E-state index contributed by atoms with van der Waals surface area (Å²) in [6.45, 7) is 4.20. The van der Waals surface area contributed by atoms with Crippen LogP contribution in [0, 0.1) is 5.82 Å². The number of piperazine rings is 1. The Bertz CT molecular complexity index is 1600. The molecule has 10 heteroatoms.